The zero-order valence-electron chi connectivity index (χ0n) is 7.78. The number of rotatable bonds is 4. The minimum Gasteiger partial charge on any atom is -0.396 e. The average molecular weight is 195 g/mol. The second kappa shape index (κ2) is 4.91. The van der Waals surface area contributed by atoms with Gasteiger partial charge in [-0.1, -0.05) is 0 Å². The van der Waals surface area contributed by atoms with E-state index in [4.69, 9.17) is 9.66 Å². The summed E-state index contributed by atoms with van der Waals surface area (Å²) in [7, 11) is 0. The molecule has 5 heteroatoms. The molecule has 0 fully saturated rings. The predicted octanol–water partition coefficient (Wildman–Crippen LogP) is 0.606. The number of hydrogen-bond donors (Lipinski definition) is 2. The molecule has 0 radical (unpaired) electrons. The van der Waals surface area contributed by atoms with Crippen molar-refractivity contribution in [2.24, 2.45) is 0 Å². The van der Waals surface area contributed by atoms with E-state index in [0.29, 0.717) is 13.0 Å². The van der Waals surface area contributed by atoms with Gasteiger partial charge in [-0.2, -0.15) is 4.31 Å². The summed E-state index contributed by atoms with van der Waals surface area (Å²) in [5.41, 5.74) is -0.339. The molecule has 0 rings (SSSR count). The third-order valence-corrected chi connectivity index (χ3v) is 2.56. The van der Waals surface area contributed by atoms with E-state index in [1.165, 1.54) is 4.31 Å². The summed E-state index contributed by atoms with van der Waals surface area (Å²) in [5.74, 6) is 0. The Balaban J connectivity index is 4.15. The fraction of sp³-hybridized carbons (Fsp3) is 1.00. The monoisotopic (exact) mass is 195 g/mol. The van der Waals surface area contributed by atoms with Crippen LogP contribution in [0.3, 0.4) is 0 Å². The molecule has 0 aromatic heterocycles. The zero-order chi connectivity index (χ0) is 9.78. The van der Waals surface area contributed by atoms with Crippen LogP contribution in [0.4, 0.5) is 0 Å². The number of aliphatic hydroxyl groups is 1. The molecule has 0 bridgehead atoms. The van der Waals surface area contributed by atoms with Gasteiger partial charge in [0.1, 0.15) is 0 Å². The van der Waals surface area contributed by atoms with E-state index in [-0.39, 0.29) is 12.1 Å². The second-order valence-corrected chi connectivity index (χ2v) is 4.48. The first-order valence-electron chi connectivity index (χ1n) is 3.89. The van der Waals surface area contributed by atoms with Crippen LogP contribution in [-0.4, -0.2) is 36.9 Å². The van der Waals surface area contributed by atoms with Crippen molar-refractivity contribution in [2.45, 2.75) is 32.7 Å². The molecule has 2 N–H and O–H groups in total. The Morgan fingerprint density at radius 2 is 1.92 bits per heavy atom. The molecule has 74 valence electrons. The second-order valence-electron chi connectivity index (χ2n) is 3.58. The molecule has 0 spiro atoms. The molecule has 4 nitrogen and oxygen atoms in total. The maximum atomic E-state index is 10.8. The van der Waals surface area contributed by atoms with Gasteiger partial charge in [0.25, 0.3) is 0 Å². The van der Waals surface area contributed by atoms with Gasteiger partial charge in [-0.3, -0.25) is 4.55 Å². The standard InChI is InChI=1S/C7H17NO3S/c1-7(2,3)8(12(10)11)5-4-6-9/h9H,4-6H2,1-3H3,(H,10,11). The van der Waals surface area contributed by atoms with E-state index in [9.17, 15) is 4.21 Å². The lowest BCUT2D eigenvalue weighted by atomic mass is 10.1. The largest absolute Gasteiger partial charge is 0.396 e. The normalized spacial score (nSPS) is 15.2. The third-order valence-electron chi connectivity index (χ3n) is 1.46. The van der Waals surface area contributed by atoms with Crippen molar-refractivity contribution in [3.8, 4) is 0 Å². The van der Waals surface area contributed by atoms with Crippen LogP contribution in [0.5, 0.6) is 0 Å². The highest BCUT2D eigenvalue weighted by atomic mass is 32.2. The van der Waals surface area contributed by atoms with Gasteiger partial charge in [0.05, 0.1) is 0 Å². The predicted molar refractivity (Wildman–Crippen MR) is 48.9 cm³/mol. The van der Waals surface area contributed by atoms with Gasteiger partial charge in [0, 0.05) is 18.7 Å². The van der Waals surface area contributed by atoms with Crippen molar-refractivity contribution in [3.05, 3.63) is 0 Å². The first-order chi connectivity index (χ1) is 5.39. The van der Waals surface area contributed by atoms with Gasteiger partial charge in [0.15, 0.2) is 0 Å². The van der Waals surface area contributed by atoms with Crippen LogP contribution in [0.2, 0.25) is 0 Å². The minimum absolute atomic E-state index is 0.0454. The first kappa shape index (κ1) is 12.0. The summed E-state index contributed by atoms with van der Waals surface area (Å²) in [6.45, 7) is 6.06. The van der Waals surface area contributed by atoms with Crippen LogP contribution in [0.25, 0.3) is 0 Å². The lowest BCUT2D eigenvalue weighted by Gasteiger charge is -2.31. The number of hydrogen-bond acceptors (Lipinski definition) is 2. The van der Waals surface area contributed by atoms with Gasteiger partial charge in [-0.25, -0.2) is 4.21 Å². The Labute approximate surface area is 76.0 Å². The van der Waals surface area contributed by atoms with E-state index in [2.05, 4.69) is 0 Å². The summed E-state index contributed by atoms with van der Waals surface area (Å²) in [4.78, 5) is 0. The van der Waals surface area contributed by atoms with Crippen molar-refractivity contribution < 1.29 is 13.9 Å². The SMILES string of the molecule is CC(C)(C)N(CCCO)S(=O)O. The fourth-order valence-electron chi connectivity index (χ4n) is 0.862. The van der Waals surface area contributed by atoms with E-state index in [1.807, 2.05) is 20.8 Å². The zero-order valence-corrected chi connectivity index (χ0v) is 8.60. The minimum atomic E-state index is -1.95. The highest BCUT2D eigenvalue weighted by molar-refractivity contribution is 7.76. The van der Waals surface area contributed by atoms with Crippen molar-refractivity contribution >= 4 is 11.3 Å². The van der Waals surface area contributed by atoms with E-state index in [1.54, 1.807) is 0 Å². The Hall–Kier alpha value is 0.0300. The maximum absolute atomic E-state index is 10.8. The lowest BCUT2D eigenvalue weighted by Crippen LogP contribution is -2.43. The molecule has 0 aromatic rings. The van der Waals surface area contributed by atoms with Crippen molar-refractivity contribution in [2.75, 3.05) is 13.2 Å². The van der Waals surface area contributed by atoms with E-state index >= 15 is 0 Å². The molecule has 0 aliphatic rings. The van der Waals surface area contributed by atoms with Crippen LogP contribution in [0.15, 0.2) is 0 Å². The van der Waals surface area contributed by atoms with E-state index in [0.717, 1.165) is 0 Å². The number of nitrogens with zero attached hydrogens (tertiary/aromatic N) is 1. The van der Waals surface area contributed by atoms with Crippen molar-refractivity contribution in [3.63, 3.8) is 0 Å². The first-order valence-corrected chi connectivity index (χ1v) is 4.95. The highest BCUT2D eigenvalue weighted by Gasteiger charge is 2.24. The summed E-state index contributed by atoms with van der Waals surface area (Å²) in [6.07, 6.45) is 0.517. The van der Waals surface area contributed by atoms with Gasteiger partial charge in [-0.15, -0.1) is 0 Å². The Bertz CT molecular complexity index is 155. The molecule has 12 heavy (non-hydrogen) atoms. The van der Waals surface area contributed by atoms with Crippen LogP contribution in [0.1, 0.15) is 27.2 Å². The smallest absolute Gasteiger partial charge is 0.234 e. The molecule has 0 saturated heterocycles. The molecule has 0 aromatic carbocycles. The van der Waals surface area contributed by atoms with Gasteiger partial charge in [-0.05, 0) is 27.2 Å². The Morgan fingerprint density at radius 1 is 1.42 bits per heavy atom. The Kier molecular flexibility index (Phi) is 4.92. The van der Waals surface area contributed by atoms with Crippen LogP contribution in [0, 0.1) is 0 Å². The molecule has 1 atom stereocenters. The molecule has 1 unspecified atom stereocenters. The molecule has 0 heterocycles. The maximum Gasteiger partial charge on any atom is 0.234 e. The van der Waals surface area contributed by atoms with E-state index < -0.39 is 11.3 Å². The third kappa shape index (κ3) is 4.15. The van der Waals surface area contributed by atoms with Crippen LogP contribution in [-0.2, 0) is 11.3 Å². The topological polar surface area (TPSA) is 60.8 Å². The van der Waals surface area contributed by atoms with Gasteiger partial charge < -0.3 is 5.11 Å². The molecule has 0 aliphatic heterocycles. The highest BCUT2D eigenvalue weighted by Crippen LogP contribution is 2.14. The van der Waals surface area contributed by atoms with Crippen molar-refractivity contribution in [1.82, 2.24) is 4.31 Å². The molecule has 0 amide bonds. The number of aliphatic hydroxyl groups excluding tert-OH is 1. The van der Waals surface area contributed by atoms with Gasteiger partial charge >= 0.3 is 0 Å². The quantitative estimate of drug-likeness (QED) is 0.646. The molecule has 0 saturated carbocycles. The molecular weight excluding hydrogens is 178 g/mol. The average Bonchev–Trinajstić information content (AvgIpc) is 1.84. The van der Waals surface area contributed by atoms with Crippen LogP contribution < -0.4 is 0 Å². The summed E-state index contributed by atoms with van der Waals surface area (Å²) in [6, 6.07) is 0. The fourth-order valence-corrected chi connectivity index (χ4v) is 1.62. The lowest BCUT2D eigenvalue weighted by molar-refractivity contribution is 0.213. The molecule has 0 aliphatic carbocycles. The summed E-state index contributed by atoms with van der Waals surface area (Å²) >= 11 is -1.95. The summed E-state index contributed by atoms with van der Waals surface area (Å²) < 4.78 is 21.1. The molecular formula is C7H17NO3S. The van der Waals surface area contributed by atoms with Gasteiger partial charge in [0.2, 0.25) is 11.3 Å². The summed E-state index contributed by atoms with van der Waals surface area (Å²) in [5, 5.41) is 8.56. The Morgan fingerprint density at radius 3 is 2.17 bits per heavy atom. The van der Waals surface area contributed by atoms with Crippen molar-refractivity contribution in [1.29, 1.82) is 0 Å². The van der Waals surface area contributed by atoms with Crippen LogP contribution >= 0.6 is 0 Å².